The van der Waals surface area contributed by atoms with Crippen LogP contribution in [0.2, 0.25) is 0 Å². The molecule has 0 aliphatic carbocycles. The van der Waals surface area contributed by atoms with Crippen LogP contribution in [-0.2, 0) is 0 Å². The zero-order valence-electron chi connectivity index (χ0n) is 11.7. The van der Waals surface area contributed by atoms with E-state index in [4.69, 9.17) is 25.7 Å². The number of hydrogen-bond acceptors (Lipinski definition) is 1. The standard InChI is InChI=1S/C21H10O/c1-5-15-9-11-19(17(7-3)13-15)21(22)20-12-10-16(6-2)14-18(20)8-4/h1-4,9-14H. The average Bonchev–Trinajstić information content (AvgIpc) is 2.59. The Kier molecular flexibility index (Phi) is 4.16. The molecular formula is C21H10O. The van der Waals surface area contributed by atoms with Crippen molar-refractivity contribution in [3.8, 4) is 49.4 Å². The summed E-state index contributed by atoms with van der Waals surface area (Å²) in [6.07, 6.45) is 21.6. The molecule has 0 saturated carbocycles. The van der Waals surface area contributed by atoms with E-state index >= 15 is 0 Å². The maximum Gasteiger partial charge on any atom is 0.195 e. The first-order chi connectivity index (χ1) is 10.6. The molecule has 0 aromatic heterocycles. The Labute approximate surface area is 130 Å². The third-order valence-electron chi connectivity index (χ3n) is 3.17. The highest BCUT2D eigenvalue weighted by Gasteiger charge is 2.16. The number of ketones is 1. The van der Waals surface area contributed by atoms with Gasteiger partial charge < -0.3 is 0 Å². The first-order valence-electron chi connectivity index (χ1n) is 6.33. The van der Waals surface area contributed by atoms with Gasteiger partial charge in [0.2, 0.25) is 0 Å². The summed E-state index contributed by atoms with van der Waals surface area (Å²) in [6, 6.07) is 9.81. The van der Waals surface area contributed by atoms with Crippen LogP contribution in [0.4, 0.5) is 0 Å². The number of hydrogen-bond donors (Lipinski definition) is 0. The third kappa shape index (κ3) is 2.62. The normalized spacial score (nSPS) is 8.91. The molecule has 0 bridgehead atoms. The third-order valence-corrected chi connectivity index (χ3v) is 3.17. The van der Waals surface area contributed by atoms with Crippen molar-refractivity contribution >= 4 is 5.78 Å². The van der Waals surface area contributed by atoms with Crippen LogP contribution in [-0.4, -0.2) is 5.78 Å². The minimum atomic E-state index is -0.256. The minimum Gasteiger partial charge on any atom is -0.289 e. The molecule has 0 saturated heterocycles. The molecule has 2 rings (SSSR count). The van der Waals surface area contributed by atoms with Crippen molar-refractivity contribution in [3.05, 3.63) is 69.8 Å². The van der Waals surface area contributed by atoms with Crippen LogP contribution >= 0.6 is 0 Å². The Hall–Kier alpha value is -3.65. The Morgan fingerprint density at radius 2 is 1.09 bits per heavy atom. The van der Waals surface area contributed by atoms with E-state index < -0.39 is 0 Å². The molecule has 0 atom stereocenters. The zero-order valence-corrected chi connectivity index (χ0v) is 11.7. The van der Waals surface area contributed by atoms with E-state index in [0.717, 1.165) is 0 Å². The topological polar surface area (TPSA) is 17.1 Å². The number of rotatable bonds is 2. The lowest BCUT2D eigenvalue weighted by atomic mass is 9.93. The maximum atomic E-state index is 12.7. The Balaban J connectivity index is 2.60. The van der Waals surface area contributed by atoms with Crippen LogP contribution in [0.3, 0.4) is 0 Å². The Morgan fingerprint density at radius 3 is 1.41 bits per heavy atom. The van der Waals surface area contributed by atoms with Crippen LogP contribution in [0.5, 0.6) is 0 Å². The smallest absolute Gasteiger partial charge is 0.195 e. The number of terminal acetylenes is 4. The van der Waals surface area contributed by atoms with Gasteiger partial charge in [0.1, 0.15) is 0 Å². The first kappa shape index (κ1) is 14.8. The van der Waals surface area contributed by atoms with E-state index in [9.17, 15) is 4.79 Å². The second kappa shape index (κ2) is 6.20. The fraction of sp³-hybridized carbons (Fsp3) is 0. The molecule has 0 unspecified atom stereocenters. The van der Waals surface area contributed by atoms with E-state index in [0.29, 0.717) is 33.4 Å². The number of benzene rings is 2. The SMILES string of the molecule is C#Cc1ccc(C(=O)c2ccc(C#C)cc2C#C)c(C#C)c1. The largest absolute Gasteiger partial charge is 0.289 e. The van der Waals surface area contributed by atoms with Crippen molar-refractivity contribution in [2.75, 3.05) is 0 Å². The van der Waals surface area contributed by atoms with Gasteiger partial charge in [-0.3, -0.25) is 4.79 Å². The molecule has 0 fully saturated rings. The zero-order chi connectivity index (χ0) is 16.1. The quantitative estimate of drug-likeness (QED) is 0.610. The molecule has 0 amide bonds. The molecule has 100 valence electrons. The van der Waals surface area contributed by atoms with Crippen molar-refractivity contribution in [3.63, 3.8) is 0 Å². The lowest BCUT2D eigenvalue weighted by molar-refractivity contribution is 0.103. The molecule has 0 radical (unpaired) electrons. The van der Waals surface area contributed by atoms with Crippen molar-refractivity contribution < 1.29 is 4.79 Å². The number of carbonyl (C=O) groups excluding carboxylic acids is 1. The van der Waals surface area contributed by atoms with Gasteiger partial charge in [0.25, 0.3) is 0 Å². The fourth-order valence-electron chi connectivity index (χ4n) is 2.05. The summed E-state index contributed by atoms with van der Waals surface area (Å²) >= 11 is 0. The van der Waals surface area contributed by atoms with Gasteiger partial charge in [-0.1, -0.05) is 23.7 Å². The summed E-state index contributed by atoms with van der Waals surface area (Å²) < 4.78 is 0. The molecule has 0 heterocycles. The van der Waals surface area contributed by atoms with Crippen molar-refractivity contribution in [1.29, 1.82) is 0 Å². The summed E-state index contributed by atoms with van der Waals surface area (Å²) in [5.74, 6) is 9.67. The lowest BCUT2D eigenvalue weighted by Crippen LogP contribution is -2.07. The molecule has 22 heavy (non-hydrogen) atoms. The van der Waals surface area contributed by atoms with E-state index in [-0.39, 0.29) is 5.78 Å². The van der Waals surface area contributed by atoms with Crippen LogP contribution in [0.1, 0.15) is 38.2 Å². The predicted octanol–water partition coefficient (Wildman–Crippen LogP) is 2.84. The van der Waals surface area contributed by atoms with Crippen molar-refractivity contribution in [2.45, 2.75) is 0 Å². The second-order valence-electron chi connectivity index (χ2n) is 4.43. The fourth-order valence-corrected chi connectivity index (χ4v) is 2.05. The van der Waals surface area contributed by atoms with Gasteiger partial charge in [-0.15, -0.1) is 25.7 Å². The number of carbonyl (C=O) groups is 1. The average molecular weight is 278 g/mol. The molecule has 1 nitrogen and oxygen atoms in total. The van der Waals surface area contributed by atoms with Crippen LogP contribution in [0.25, 0.3) is 0 Å². The minimum absolute atomic E-state index is 0.256. The van der Waals surface area contributed by atoms with E-state index in [1.54, 1.807) is 36.4 Å². The van der Waals surface area contributed by atoms with Gasteiger partial charge in [0.15, 0.2) is 5.78 Å². The van der Waals surface area contributed by atoms with Crippen LogP contribution < -0.4 is 0 Å². The predicted molar refractivity (Wildman–Crippen MR) is 88.1 cm³/mol. The summed E-state index contributed by atoms with van der Waals surface area (Å²) in [5.41, 5.74) is 2.86. The van der Waals surface area contributed by atoms with Gasteiger partial charge >= 0.3 is 0 Å². The summed E-state index contributed by atoms with van der Waals surface area (Å²) in [4.78, 5) is 12.7. The summed E-state index contributed by atoms with van der Waals surface area (Å²) in [7, 11) is 0. The first-order valence-corrected chi connectivity index (χ1v) is 6.33. The molecule has 0 spiro atoms. The van der Waals surface area contributed by atoms with Crippen molar-refractivity contribution in [2.24, 2.45) is 0 Å². The van der Waals surface area contributed by atoms with Crippen molar-refractivity contribution in [1.82, 2.24) is 0 Å². The molecular weight excluding hydrogens is 268 g/mol. The second-order valence-corrected chi connectivity index (χ2v) is 4.43. The molecule has 1 heteroatoms. The van der Waals surface area contributed by atoms with Gasteiger partial charge in [-0.2, -0.15) is 0 Å². The van der Waals surface area contributed by atoms with E-state index in [1.807, 2.05) is 0 Å². The molecule has 0 N–H and O–H groups in total. The molecule has 0 aliphatic rings. The highest BCUT2D eigenvalue weighted by molar-refractivity contribution is 6.12. The van der Waals surface area contributed by atoms with E-state index in [2.05, 4.69) is 23.7 Å². The maximum absolute atomic E-state index is 12.7. The van der Waals surface area contributed by atoms with Gasteiger partial charge in [0, 0.05) is 33.4 Å². The Morgan fingerprint density at radius 1 is 0.682 bits per heavy atom. The van der Waals surface area contributed by atoms with Crippen LogP contribution in [0, 0.1) is 49.4 Å². The summed E-state index contributed by atoms with van der Waals surface area (Å²) in [5, 5.41) is 0. The highest BCUT2D eigenvalue weighted by atomic mass is 16.1. The van der Waals surface area contributed by atoms with Crippen LogP contribution in [0.15, 0.2) is 36.4 Å². The van der Waals surface area contributed by atoms with E-state index in [1.165, 1.54) is 0 Å². The monoisotopic (exact) mass is 278 g/mol. The summed E-state index contributed by atoms with van der Waals surface area (Å²) in [6.45, 7) is 0. The molecule has 2 aromatic carbocycles. The Bertz CT molecular complexity index is 854. The molecule has 0 aliphatic heterocycles. The molecule has 2 aromatic rings. The van der Waals surface area contributed by atoms with Gasteiger partial charge in [-0.25, -0.2) is 0 Å². The van der Waals surface area contributed by atoms with Gasteiger partial charge in [0.05, 0.1) is 0 Å². The van der Waals surface area contributed by atoms with Gasteiger partial charge in [-0.05, 0) is 36.4 Å². The highest BCUT2D eigenvalue weighted by Crippen LogP contribution is 2.19. The lowest BCUT2D eigenvalue weighted by Gasteiger charge is -2.08.